The summed E-state index contributed by atoms with van der Waals surface area (Å²) in [5.41, 5.74) is 1.57. The van der Waals surface area contributed by atoms with Crippen LogP contribution in [-0.2, 0) is 4.79 Å². The monoisotopic (exact) mass is 323 g/mol. The van der Waals surface area contributed by atoms with Gasteiger partial charge in [-0.05, 0) is 44.1 Å². The number of halogens is 1. The molecule has 122 valence electrons. The number of para-hydroxylation sites is 1. The van der Waals surface area contributed by atoms with Crippen molar-refractivity contribution in [2.75, 3.05) is 18.4 Å². The van der Waals surface area contributed by atoms with Crippen molar-refractivity contribution in [3.63, 3.8) is 0 Å². The molecular formula is C19H18FN3O. The Morgan fingerprint density at radius 1 is 0.958 bits per heavy atom. The van der Waals surface area contributed by atoms with E-state index in [1.165, 1.54) is 6.07 Å². The summed E-state index contributed by atoms with van der Waals surface area (Å²) in [5, 5.41) is 6.26. The number of carbonyl (C=O) groups is 1. The number of amides is 1. The second-order valence-corrected chi connectivity index (χ2v) is 6.22. The van der Waals surface area contributed by atoms with E-state index in [0.29, 0.717) is 29.8 Å². The van der Waals surface area contributed by atoms with Crippen molar-refractivity contribution in [1.82, 2.24) is 5.32 Å². The highest BCUT2D eigenvalue weighted by molar-refractivity contribution is 6.20. The number of hydrogen-bond acceptors (Lipinski definition) is 3. The van der Waals surface area contributed by atoms with Crippen LogP contribution in [0, 0.1) is 5.82 Å². The topological polar surface area (TPSA) is 53.5 Å². The summed E-state index contributed by atoms with van der Waals surface area (Å²) >= 11 is 0. The maximum Gasteiger partial charge on any atom is 0.252 e. The van der Waals surface area contributed by atoms with Gasteiger partial charge in [0.2, 0.25) is 0 Å². The van der Waals surface area contributed by atoms with Crippen LogP contribution >= 0.6 is 0 Å². The van der Waals surface area contributed by atoms with Crippen LogP contribution in [0.1, 0.15) is 24.0 Å². The van der Waals surface area contributed by atoms with Gasteiger partial charge >= 0.3 is 0 Å². The molecule has 1 amide bonds. The molecule has 1 saturated heterocycles. The third-order valence-corrected chi connectivity index (χ3v) is 4.74. The number of anilines is 1. The molecule has 1 spiro atoms. The fourth-order valence-corrected chi connectivity index (χ4v) is 3.40. The molecule has 0 unspecified atom stereocenters. The summed E-state index contributed by atoms with van der Waals surface area (Å²) in [6, 6.07) is 14.0. The van der Waals surface area contributed by atoms with Gasteiger partial charge < -0.3 is 10.6 Å². The minimum absolute atomic E-state index is 0.109. The summed E-state index contributed by atoms with van der Waals surface area (Å²) in [6.07, 6.45) is 1.20. The predicted molar refractivity (Wildman–Crippen MR) is 91.9 cm³/mol. The van der Waals surface area contributed by atoms with Gasteiger partial charge in [0, 0.05) is 11.1 Å². The fourth-order valence-electron chi connectivity index (χ4n) is 3.40. The maximum absolute atomic E-state index is 14.5. The molecule has 0 saturated carbocycles. The molecular weight excluding hydrogens is 305 g/mol. The van der Waals surface area contributed by atoms with Crippen LogP contribution in [0.25, 0.3) is 0 Å². The van der Waals surface area contributed by atoms with Gasteiger partial charge in [0.1, 0.15) is 11.4 Å². The molecule has 2 aromatic rings. The van der Waals surface area contributed by atoms with Crippen molar-refractivity contribution in [2.45, 2.75) is 18.4 Å². The van der Waals surface area contributed by atoms with E-state index in [1.54, 1.807) is 18.2 Å². The number of benzene rings is 2. The number of fused-ring (bicyclic) bond motifs is 1. The molecule has 0 aromatic heterocycles. The lowest BCUT2D eigenvalue weighted by Gasteiger charge is -2.32. The number of nitrogens with one attached hydrogen (secondary N) is 2. The smallest absolute Gasteiger partial charge is 0.252 e. The Bertz CT molecular complexity index is 825. The van der Waals surface area contributed by atoms with Crippen molar-refractivity contribution in [3.8, 4) is 0 Å². The Morgan fingerprint density at radius 3 is 2.38 bits per heavy atom. The molecule has 0 atom stereocenters. The van der Waals surface area contributed by atoms with Gasteiger partial charge in [-0.15, -0.1) is 0 Å². The Kier molecular flexibility index (Phi) is 3.65. The van der Waals surface area contributed by atoms with E-state index in [-0.39, 0.29) is 11.7 Å². The van der Waals surface area contributed by atoms with Gasteiger partial charge in [-0.3, -0.25) is 9.79 Å². The lowest BCUT2D eigenvalue weighted by Crippen LogP contribution is -2.49. The van der Waals surface area contributed by atoms with E-state index in [1.807, 2.05) is 24.3 Å². The average molecular weight is 323 g/mol. The molecule has 0 bridgehead atoms. The van der Waals surface area contributed by atoms with Crippen molar-refractivity contribution in [3.05, 3.63) is 65.5 Å². The van der Waals surface area contributed by atoms with Gasteiger partial charge in [-0.25, -0.2) is 4.39 Å². The Morgan fingerprint density at radius 2 is 1.62 bits per heavy atom. The first-order chi connectivity index (χ1) is 11.7. The van der Waals surface area contributed by atoms with Crippen molar-refractivity contribution in [2.24, 2.45) is 4.99 Å². The quantitative estimate of drug-likeness (QED) is 0.848. The lowest BCUT2D eigenvalue weighted by molar-refractivity contribution is -0.121. The number of piperidine rings is 1. The molecule has 24 heavy (non-hydrogen) atoms. The van der Waals surface area contributed by atoms with Gasteiger partial charge in [0.25, 0.3) is 5.91 Å². The maximum atomic E-state index is 14.5. The molecule has 0 aliphatic carbocycles. The second-order valence-electron chi connectivity index (χ2n) is 6.22. The molecule has 4 rings (SSSR count). The minimum Gasteiger partial charge on any atom is -0.323 e. The van der Waals surface area contributed by atoms with Crippen LogP contribution in [0.5, 0.6) is 0 Å². The van der Waals surface area contributed by atoms with E-state index in [4.69, 9.17) is 4.99 Å². The molecule has 2 N–H and O–H groups in total. The van der Waals surface area contributed by atoms with E-state index >= 15 is 0 Å². The van der Waals surface area contributed by atoms with Crippen LogP contribution in [0.4, 0.5) is 10.1 Å². The van der Waals surface area contributed by atoms with Gasteiger partial charge in [-0.2, -0.15) is 0 Å². The van der Waals surface area contributed by atoms with Crippen LogP contribution in [0.15, 0.2) is 53.5 Å². The van der Waals surface area contributed by atoms with Crippen LogP contribution in [0.2, 0.25) is 0 Å². The lowest BCUT2D eigenvalue weighted by atomic mass is 9.87. The van der Waals surface area contributed by atoms with Gasteiger partial charge in [-0.1, -0.05) is 30.3 Å². The highest BCUT2D eigenvalue weighted by atomic mass is 19.1. The summed E-state index contributed by atoms with van der Waals surface area (Å²) in [6.45, 7) is 1.44. The molecule has 2 heterocycles. The average Bonchev–Trinajstić information content (AvgIpc) is 2.72. The molecule has 2 aliphatic rings. The first kappa shape index (κ1) is 15.0. The zero-order valence-electron chi connectivity index (χ0n) is 13.2. The summed E-state index contributed by atoms with van der Waals surface area (Å²) in [7, 11) is 0. The van der Waals surface area contributed by atoms with Crippen molar-refractivity contribution in [1.29, 1.82) is 0 Å². The number of carbonyl (C=O) groups excluding carboxylic acids is 1. The molecule has 5 heteroatoms. The zero-order chi connectivity index (χ0) is 16.6. The first-order valence-corrected chi connectivity index (χ1v) is 8.16. The van der Waals surface area contributed by atoms with Gasteiger partial charge in [0.05, 0.1) is 11.4 Å². The van der Waals surface area contributed by atoms with Crippen molar-refractivity contribution >= 4 is 17.3 Å². The van der Waals surface area contributed by atoms with Crippen LogP contribution in [-0.4, -0.2) is 30.2 Å². The highest BCUT2D eigenvalue weighted by Gasteiger charge is 2.42. The van der Waals surface area contributed by atoms with Crippen LogP contribution in [0.3, 0.4) is 0 Å². The highest BCUT2D eigenvalue weighted by Crippen LogP contribution is 2.33. The standard InChI is InChI=1S/C19H18FN3O/c20-15-7-3-1-5-13(15)17-14-6-2-4-8-16(14)22-18(24)19(23-17)9-11-21-12-10-19/h1-8,21H,9-12H2,(H,22,24). The zero-order valence-corrected chi connectivity index (χ0v) is 13.2. The minimum atomic E-state index is -0.845. The van der Waals surface area contributed by atoms with Gasteiger partial charge in [0.15, 0.2) is 0 Å². The SMILES string of the molecule is O=C1Nc2ccccc2C(c2ccccc2F)=NC12CCNCC2. The van der Waals surface area contributed by atoms with E-state index in [0.717, 1.165) is 18.7 Å². The number of hydrogen-bond donors (Lipinski definition) is 2. The van der Waals surface area contributed by atoms with E-state index in [2.05, 4.69) is 10.6 Å². The van der Waals surface area contributed by atoms with Crippen LogP contribution < -0.4 is 10.6 Å². The number of rotatable bonds is 1. The Balaban J connectivity index is 1.96. The number of aliphatic imine (C=N–C) groups is 1. The first-order valence-electron chi connectivity index (χ1n) is 8.16. The second kappa shape index (κ2) is 5.83. The third kappa shape index (κ3) is 2.41. The van der Waals surface area contributed by atoms with E-state index in [9.17, 15) is 9.18 Å². The fraction of sp³-hybridized carbons (Fsp3) is 0.263. The van der Waals surface area contributed by atoms with E-state index < -0.39 is 5.54 Å². The number of nitrogens with zero attached hydrogens (tertiary/aromatic N) is 1. The van der Waals surface area contributed by atoms with Crippen molar-refractivity contribution < 1.29 is 9.18 Å². The molecule has 2 aliphatic heterocycles. The molecule has 4 nitrogen and oxygen atoms in total. The predicted octanol–water partition coefficient (Wildman–Crippen LogP) is 2.74. The Labute approximate surface area is 139 Å². The Hall–Kier alpha value is -2.53. The third-order valence-electron chi connectivity index (χ3n) is 4.74. The summed E-state index contributed by atoms with van der Waals surface area (Å²) in [4.78, 5) is 17.7. The normalized spacial score (nSPS) is 19.2. The summed E-state index contributed by atoms with van der Waals surface area (Å²) < 4.78 is 14.5. The molecule has 2 aromatic carbocycles. The molecule has 0 radical (unpaired) electrons. The largest absolute Gasteiger partial charge is 0.323 e. The molecule has 1 fully saturated rings. The summed E-state index contributed by atoms with van der Waals surface area (Å²) in [5.74, 6) is -0.438.